The van der Waals surface area contributed by atoms with E-state index in [1.54, 1.807) is 0 Å². The van der Waals surface area contributed by atoms with Crippen molar-refractivity contribution >= 4 is 15.9 Å². The lowest BCUT2D eigenvalue weighted by Crippen LogP contribution is -2.40. The zero-order chi connectivity index (χ0) is 14.5. The Balaban J connectivity index is 2.48. The molecule has 1 aromatic rings. The first kappa shape index (κ1) is 16.7. The fraction of sp³-hybridized carbons (Fsp3) is 0.625. The summed E-state index contributed by atoms with van der Waals surface area (Å²) < 4.78 is 1.20. The van der Waals surface area contributed by atoms with Gasteiger partial charge in [0.15, 0.2) is 0 Å². The maximum Gasteiger partial charge on any atom is 0.0241 e. The van der Waals surface area contributed by atoms with Crippen molar-refractivity contribution < 1.29 is 0 Å². The molecule has 1 aromatic carbocycles. The van der Waals surface area contributed by atoms with Gasteiger partial charge in [-0.1, -0.05) is 54.9 Å². The first-order chi connectivity index (χ1) is 8.84. The van der Waals surface area contributed by atoms with Crippen LogP contribution in [-0.2, 0) is 6.54 Å². The lowest BCUT2D eigenvalue weighted by Gasteiger charge is -2.32. The van der Waals surface area contributed by atoms with Crippen LogP contribution in [0.3, 0.4) is 0 Å². The molecule has 0 aliphatic rings. The maximum atomic E-state index is 3.61. The van der Waals surface area contributed by atoms with Crippen molar-refractivity contribution in [1.29, 1.82) is 0 Å². The van der Waals surface area contributed by atoms with Gasteiger partial charge in [-0.05, 0) is 44.1 Å². The smallest absolute Gasteiger partial charge is 0.0241 e. The molecular weight excluding hydrogens is 300 g/mol. The van der Waals surface area contributed by atoms with Gasteiger partial charge in [0.2, 0.25) is 0 Å². The van der Waals surface area contributed by atoms with Crippen LogP contribution in [0.1, 0.15) is 32.8 Å². The number of hydrogen-bond acceptors (Lipinski definition) is 2. The monoisotopic (exact) mass is 326 g/mol. The van der Waals surface area contributed by atoms with Crippen LogP contribution in [0.25, 0.3) is 0 Å². The molecule has 0 heterocycles. The minimum absolute atomic E-state index is 0.308. The Morgan fingerprint density at radius 1 is 1.26 bits per heavy atom. The van der Waals surface area contributed by atoms with Gasteiger partial charge < -0.3 is 10.2 Å². The molecular formula is C16H27BrN2. The average molecular weight is 327 g/mol. The SMILES string of the molecule is CNC(CCN(C)Cc1ccccc1Br)C(C)(C)C. The third kappa shape index (κ3) is 5.64. The van der Waals surface area contributed by atoms with Gasteiger partial charge >= 0.3 is 0 Å². The van der Waals surface area contributed by atoms with Crippen LogP contribution in [-0.4, -0.2) is 31.6 Å². The summed E-state index contributed by atoms with van der Waals surface area (Å²) in [6, 6.07) is 8.99. The Labute approximate surface area is 126 Å². The second-order valence-corrected chi connectivity index (χ2v) is 7.18. The summed E-state index contributed by atoms with van der Waals surface area (Å²) in [7, 11) is 4.25. The van der Waals surface area contributed by atoms with Gasteiger partial charge in [-0.3, -0.25) is 0 Å². The van der Waals surface area contributed by atoms with E-state index in [0.717, 1.165) is 13.1 Å². The van der Waals surface area contributed by atoms with Gasteiger partial charge in [-0.2, -0.15) is 0 Å². The van der Waals surface area contributed by atoms with E-state index in [4.69, 9.17) is 0 Å². The molecule has 1 unspecified atom stereocenters. The molecule has 0 spiro atoms. The van der Waals surface area contributed by atoms with Crippen molar-refractivity contribution in [2.24, 2.45) is 5.41 Å². The quantitative estimate of drug-likeness (QED) is 0.852. The first-order valence-electron chi connectivity index (χ1n) is 6.94. The fourth-order valence-electron chi connectivity index (χ4n) is 2.36. The topological polar surface area (TPSA) is 15.3 Å². The molecule has 0 saturated heterocycles. The molecule has 0 saturated carbocycles. The molecule has 0 fully saturated rings. The van der Waals surface area contributed by atoms with Gasteiger partial charge in [0, 0.05) is 17.1 Å². The van der Waals surface area contributed by atoms with E-state index in [1.165, 1.54) is 16.5 Å². The first-order valence-corrected chi connectivity index (χ1v) is 7.73. The van der Waals surface area contributed by atoms with Crippen LogP contribution < -0.4 is 5.32 Å². The Morgan fingerprint density at radius 2 is 1.89 bits per heavy atom. The molecule has 3 heteroatoms. The number of nitrogens with one attached hydrogen (secondary N) is 1. The third-order valence-corrected chi connectivity index (χ3v) is 4.37. The number of benzene rings is 1. The van der Waals surface area contributed by atoms with Crippen LogP contribution >= 0.6 is 15.9 Å². The molecule has 19 heavy (non-hydrogen) atoms. The van der Waals surface area contributed by atoms with E-state index in [1.807, 2.05) is 0 Å². The highest BCUT2D eigenvalue weighted by atomic mass is 79.9. The Morgan fingerprint density at radius 3 is 2.42 bits per heavy atom. The molecule has 0 radical (unpaired) electrons. The van der Waals surface area contributed by atoms with Crippen molar-refractivity contribution in [3.05, 3.63) is 34.3 Å². The minimum Gasteiger partial charge on any atom is -0.316 e. The molecule has 0 amide bonds. The highest BCUT2D eigenvalue weighted by Gasteiger charge is 2.22. The lowest BCUT2D eigenvalue weighted by atomic mass is 9.85. The van der Waals surface area contributed by atoms with Crippen molar-refractivity contribution in [3.8, 4) is 0 Å². The van der Waals surface area contributed by atoms with Crippen molar-refractivity contribution in [3.63, 3.8) is 0 Å². The van der Waals surface area contributed by atoms with E-state index in [0.29, 0.717) is 11.5 Å². The largest absolute Gasteiger partial charge is 0.316 e. The third-order valence-electron chi connectivity index (χ3n) is 3.59. The number of nitrogens with zero attached hydrogens (tertiary/aromatic N) is 1. The predicted octanol–water partition coefficient (Wildman–Crippen LogP) is 3.91. The van der Waals surface area contributed by atoms with Crippen LogP contribution in [0.15, 0.2) is 28.7 Å². The highest BCUT2D eigenvalue weighted by molar-refractivity contribution is 9.10. The maximum absolute atomic E-state index is 3.61. The standard InChI is InChI=1S/C16H27BrN2/c1-16(2,3)15(18-4)10-11-19(5)12-13-8-6-7-9-14(13)17/h6-9,15,18H,10-12H2,1-5H3. The van der Waals surface area contributed by atoms with E-state index in [2.05, 4.69) is 85.3 Å². The van der Waals surface area contributed by atoms with E-state index < -0.39 is 0 Å². The average Bonchev–Trinajstić information content (AvgIpc) is 2.31. The second-order valence-electron chi connectivity index (χ2n) is 6.33. The minimum atomic E-state index is 0.308. The molecule has 108 valence electrons. The molecule has 0 aromatic heterocycles. The summed E-state index contributed by atoms with van der Waals surface area (Å²) in [4.78, 5) is 2.39. The summed E-state index contributed by atoms with van der Waals surface area (Å²) in [5.74, 6) is 0. The molecule has 0 aliphatic carbocycles. The van der Waals surface area contributed by atoms with E-state index >= 15 is 0 Å². The van der Waals surface area contributed by atoms with Crippen molar-refractivity contribution in [2.45, 2.75) is 39.8 Å². The highest BCUT2D eigenvalue weighted by Crippen LogP contribution is 2.22. The summed E-state index contributed by atoms with van der Waals surface area (Å²) in [6.07, 6.45) is 1.17. The Kier molecular flexibility index (Phi) is 6.51. The Bertz CT molecular complexity index is 385. The van der Waals surface area contributed by atoms with Crippen LogP contribution in [0.4, 0.5) is 0 Å². The summed E-state index contributed by atoms with van der Waals surface area (Å²) in [5.41, 5.74) is 1.66. The van der Waals surface area contributed by atoms with Crippen LogP contribution in [0, 0.1) is 5.41 Å². The zero-order valence-electron chi connectivity index (χ0n) is 12.8. The van der Waals surface area contributed by atoms with Gasteiger partial charge in [0.1, 0.15) is 0 Å². The fourth-order valence-corrected chi connectivity index (χ4v) is 2.77. The Hall–Kier alpha value is -0.380. The van der Waals surface area contributed by atoms with Gasteiger partial charge in [-0.15, -0.1) is 0 Å². The zero-order valence-corrected chi connectivity index (χ0v) is 14.4. The van der Waals surface area contributed by atoms with Crippen molar-refractivity contribution in [2.75, 3.05) is 20.6 Å². The van der Waals surface area contributed by atoms with Gasteiger partial charge in [-0.25, -0.2) is 0 Å². The lowest BCUT2D eigenvalue weighted by molar-refractivity contribution is 0.227. The van der Waals surface area contributed by atoms with Crippen LogP contribution in [0.5, 0.6) is 0 Å². The summed E-state index contributed by atoms with van der Waals surface area (Å²) >= 11 is 3.61. The second kappa shape index (κ2) is 7.41. The number of halogens is 1. The molecule has 1 rings (SSSR count). The molecule has 1 atom stereocenters. The number of hydrogen-bond donors (Lipinski definition) is 1. The summed E-state index contributed by atoms with van der Waals surface area (Å²) in [5, 5.41) is 3.44. The number of rotatable bonds is 6. The van der Waals surface area contributed by atoms with E-state index in [-0.39, 0.29) is 0 Å². The van der Waals surface area contributed by atoms with E-state index in [9.17, 15) is 0 Å². The normalized spacial score (nSPS) is 13.8. The molecule has 1 N–H and O–H groups in total. The van der Waals surface area contributed by atoms with Gasteiger partial charge in [0.25, 0.3) is 0 Å². The van der Waals surface area contributed by atoms with Crippen molar-refractivity contribution in [1.82, 2.24) is 10.2 Å². The predicted molar refractivity (Wildman–Crippen MR) is 87.4 cm³/mol. The molecule has 2 nitrogen and oxygen atoms in total. The molecule has 0 aliphatic heterocycles. The summed E-state index contributed by atoms with van der Waals surface area (Å²) in [6.45, 7) is 8.97. The molecule has 0 bridgehead atoms. The van der Waals surface area contributed by atoms with Gasteiger partial charge in [0.05, 0.1) is 0 Å². The van der Waals surface area contributed by atoms with Crippen LogP contribution in [0.2, 0.25) is 0 Å².